The van der Waals surface area contributed by atoms with Gasteiger partial charge >= 0.3 is 0 Å². The third kappa shape index (κ3) is 3.40. The second kappa shape index (κ2) is 7.34. The maximum absolute atomic E-state index is 13.2. The van der Waals surface area contributed by atoms with E-state index in [1.54, 1.807) is 17.9 Å². The van der Waals surface area contributed by atoms with E-state index < -0.39 is 5.91 Å². The summed E-state index contributed by atoms with van der Waals surface area (Å²) in [6.45, 7) is 2.46. The number of fused-ring (bicyclic) bond motifs is 1. The molecule has 2 N–H and O–H groups in total. The fourth-order valence-corrected chi connectivity index (χ4v) is 4.76. The monoisotopic (exact) mass is 410 g/mol. The van der Waals surface area contributed by atoms with Gasteiger partial charge in [0.1, 0.15) is 13.2 Å². The first-order valence-electron chi connectivity index (χ1n) is 10.5. The normalized spacial score (nSPS) is 25.1. The molecule has 2 amide bonds. The number of ether oxygens (including phenoxy) is 2. The summed E-state index contributed by atoms with van der Waals surface area (Å²) in [5.74, 6) is 1.53. The van der Waals surface area contributed by atoms with Crippen LogP contribution in [0.4, 0.5) is 0 Å². The third-order valence-corrected chi connectivity index (χ3v) is 6.34. The number of benzene rings is 1. The van der Waals surface area contributed by atoms with Gasteiger partial charge in [0.05, 0.1) is 11.3 Å². The van der Waals surface area contributed by atoms with Gasteiger partial charge in [0.15, 0.2) is 11.5 Å². The largest absolute Gasteiger partial charge is 0.486 e. The molecule has 8 heteroatoms. The average Bonchev–Trinajstić information content (AvgIpc) is 3.46. The van der Waals surface area contributed by atoms with Crippen molar-refractivity contribution in [3.05, 3.63) is 41.2 Å². The van der Waals surface area contributed by atoms with Crippen molar-refractivity contribution in [3.8, 4) is 11.5 Å². The molecule has 2 aliphatic heterocycles. The van der Waals surface area contributed by atoms with Gasteiger partial charge in [0.2, 0.25) is 5.91 Å². The fourth-order valence-electron chi connectivity index (χ4n) is 4.76. The van der Waals surface area contributed by atoms with Gasteiger partial charge in [-0.3, -0.25) is 14.3 Å². The quantitative estimate of drug-likeness (QED) is 0.829. The third-order valence-electron chi connectivity index (χ3n) is 6.34. The Bertz CT molecular complexity index is 1000. The van der Waals surface area contributed by atoms with Crippen LogP contribution in [0.15, 0.2) is 24.4 Å². The van der Waals surface area contributed by atoms with Crippen molar-refractivity contribution >= 4 is 11.8 Å². The maximum atomic E-state index is 13.2. The Balaban J connectivity index is 1.28. The summed E-state index contributed by atoms with van der Waals surface area (Å²) in [4.78, 5) is 26.9. The second-order valence-corrected chi connectivity index (χ2v) is 8.44. The minimum atomic E-state index is -0.470. The van der Waals surface area contributed by atoms with Crippen LogP contribution in [0.2, 0.25) is 0 Å². The number of hydrogen-bond donors (Lipinski definition) is 1. The molecule has 1 aromatic heterocycles. The topological polar surface area (TPSA) is 99.7 Å². The number of carbonyl (C=O) groups is 2. The van der Waals surface area contributed by atoms with Crippen LogP contribution >= 0.6 is 0 Å². The molecule has 3 aliphatic rings. The minimum Gasteiger partial charge on any atom is -0.486 e. The molecule has 2 aromatic rings. The summed E-state index contributed by atoms with van der Waals surface area (Å²) in [6, 6.07) is 5.99. The van der Waals surface area contributed by atoms with Crippen LogP contribution in [0, 0.1) is 5.92 Å². The molecule has 3 heterocycles. The number of nitrogens with zero attached hydrogens (tertiary/aromatic N) is 3. The molecule has 30 heavy (non-hydrogen) atoms. The zero-order valence-electron chi connectivity index (χ0n) is 17.0. The first-order valence-corrected chi connectivity index (χ1v) is 10.5. The average molecular weight is 410 g/mol. The highest BCUT2D eigenvalue weighted by Crippen LogP contribution is 2.50. The number of hydrogen-bond acceptors (Lipinski definition) is 5. The van der Waals surface area contributed by atoms with Crippen LogP contribution in [0.1, 0.15) is 52.7 Å². The predicted octanol–water partition coefficient (Wildman–Crippen LogP) is 1.80. The molecule has 1 aromatic carbocycles. The van der Waals surface area contributed by atoms with E-state index in [0.717, 1.165) is 42.9 Å². The highest BCUT2D eigenvalue weighted by molar-refractivity contribution is 5.94. The molecule has 1 saturated carbocycles. The van der Waals surface area contributed by atoms with E-state index in [1.165, 1.54) is 0 Å². The fraction of sp³-hybridized carbons (Fsp3) is 0.500. The maximum Gasteiger partial charge on any atom is 0.252 e. The molecule has 1 aliphatic carbocycles. The number of likely N-dealkylation sites (tertiary alicyclic amines) is 1. The van der Waals surface area contributed by atoms with Crippen LogP contribution in [0.25, 0.3) is 0 Å². The number of carbonyl (C=O) groups excluding carboxylic acids is 2. The van der Waals surface area contributed by atoms with E-state index >= 15 is 0 Å². The van der Waals surface area contributed by atoms with E-state index in [0.29, 0.717) is 31.0 Å². The van der Waals surface area contributed by atoms with Gasteiger partial charge in [-0.15, -0.1) is 0 Å². The van der Waals surface area contributed by atoms with Gasteiger partial charge in [-0.2, -0.15) is 5.10 Å². The van der Waals surface area contributed by atoms with Gasteiger partial charge in [-0.05, 0) is 42.9 Å². The lowest BCUT2D eigenvalue weighted by molar-refractivity contribution is -0.133. The molecule has 8 nitrogen and oxygen atoms in total. The van der Waals surface area contributed by atoms with Gasteiger partial charge in [-0.25, -0.2) is 0 Å². The summed E-state index contributed by atoms with van der Waals surface area (Å²) in [5.41, 5.74) is 7.82. The number of primary amides is 1. The number of aryl methyl sites for hydroxylation is 1. The second-order valence-electron chi connectivity index (χ2n) is 8.44. The number of amides is 2. The van der Waals surface area contributed by atoms with Crippen LogP contribution in [0.5, 0.6) is 11.5 Å². The molecule has 0 bridgehead atoms. The first-order chi connectivity index (χ1) is 14.5. The number of rotatable bonds is 4. The predicted molar refractivity (Wildman–Crippen MR) is 109 cm³/mol. The van der Waals surface area contributed by atoms with Crippen molar-refractivity contribution in [2.24, 2.45) is 18.7 Å². The summed E-state index contributed by atoms with van der Waals surface area (Å²) >= 11 is 0. The SMILES string of the molecule is Cn1cc(C(N)=O)c(C2CCCN(C(=O)C3CC3c3ccc4c(c3)OCCO4)C2)n1. The summed E-state index contributed by atoms with van der Waals surface area (Å²) < 4.78 is 12.9. The molecular formula is C22H26N4O4. The minimum absolute atomic E-state index is 0.00523. The number of aromatic nitrogens is 2. The molecule has 2 fully saturated rings. The number of piperidine rings is 1. The molecule has 1 saturated heterocycles. The Morgan fingerprint density at radius 1 is 1.20 bits per heavy atom. The van der Waals surface area contributed by atoms with Crippen molar-refractivity contribution in [1.82, 2.24) is 14.7 Å². The first kappa shape index (κ1) is 19.0. The summed E-state index contributed by atoms with van der Waals surface area (Å²) in [6.07, 6.45) is 4.32. The molecule has 3 unspecified atom stereocenters. The zero-order valence-corrected chi connectivity index (χ0v) is 17.0. The van der Waals surface area contributed by atoms with Crippen LogP contribution in [-0.2, 0) is 11.8 Å². The smallest absolute Gasteiger partial charge is 0.252 e. The molecule has 3 atom stereocenters. The Hall–Kier alpha value is -3.03. The van der Waals surface area contributed by atoms with E-state index in [4.69, 9.17) is 15.2 Å². The standard InChI is InChI=1S/C22H26N4O4/c1-25-12-17(21(23)27)20(24-25)14-3-2-6-26(11-14)22(28)16-10-15(16)13-4-5-18-19(9-13)30-8-7-29-18/h4-5,9,12,14-16H,2-3,6-8,10-11H2,1H3,(H2,23,27). The summed E-state index contributed by atoms with van der Waals surface area (Å²) in [5, 5.41) is 4.47. The number of nitrogens with two attached hydrogens (primary N) is 1. The Labute approximate surface area is 174 Å². The molecule has 0 radical (unpaired) electrons. The highest BCUT2D eigenvalue weighted by Gasteiger charge is 2.47. The van der Waals surface area contributed by atoms with Crippen LogP contribution in [-0.4, -0.2) is 52.8 Å². The Morgan fingerprint density at radius 3 is 2.80 bits per heavy atom. The van der Waals surface area contributed by atoms with E-state index in [9.17, 15) is 9.59 Å². The van der Waals surface area contributed by atoms with Gasteiger partial charge in [0, 0.05) is 38.2 Å². The van der Waals surface area contributed by atoms with Gasteiger partial charge in [0.25, 0.3) is 5.91 Å². The molecular weight excluding hydrogens is 384 g/mol. The van der Waals surface area contributed by atoms with Crippen molar-refractivity contribution in [3.63, 3.8) is 0 Å². The lowest BCUT2D eigenvalue weighted by atomic mass is 9.92. The summed E-state index contributed by atoms with van der Waals surface area (Å²) in [7, 11) is 1.78. The lowest BCUT2D eigenvalue weighted by Crippen LogP contribution is -2.40. The Kier molecular flexibility index (Phi) is 4.64. The Morgan fingerprint density at radius 2 is 2.00 bits per heavy atom. The van der Waals surface area contributed by atoms with Crippen molar-refractivity contribution in [2.75, 3.05) is 26.3 Å². The van der Waals surface area contributed by atoms with Crippen molar-refractivity contribution in [2.45, 2.75) is 31.1 Å². The zero-order chi connectivity index (χ0) is 20.8. The molecule has 158 valence electrons. The van der Waals surface area contributed by atoms with Crippen LogP contribution < -0.4 is 15.2 Å². The van der Waals surface area contributed by atoms with E-state index in [-0.39, 0.29) is 23.7 Å². The van der Waals surface area contributed by atoms with Gasteiger partial charge in [-0.1, -0.05) is 6.07 Å². The van der Waals surface area contributed by atoms with Crippen molar-refractivity contribution in [1.29, 1.82) is 0 Å². The lowest BCUT2D eigenvalue weighted by Gasteiger charge is -2.32. The molecule has 0 spiro atoms. The van der Waals surface area contributed by atoms with Crippen LogP contribution in [0.3, 0.4) is 0 Å². The van der Waals surface area contributed by atoms with E-state index in [1.807, 2.05) is 23.1 Å². The highest BCUT2D eigenvalue weighted by atomic mass is 16.6. The van der Waals surface area contributed by atoms with Crippen molar-refractivity contribution < 1.29 is 19.1 Å². The van der Waals surface area contributed by atoms with E-state index in [2.05, 4.69) is 5.10 Å². The molecule has 5 rings (SSSR count). The van der Waals surface area contributed by atoms with Gasteiger partial charge < -0.3 is 20.1 Å².